The Balaban J connectivity index is 2.66. The fourth-order valence-electron chi connectivity index (χ4n) is 1.64. The Hall–Kier alpha value is -2.40. The molecule has 0 aliphatic carbocycles. The molecule has 2 heteroatoms. The maximum atomic E-state index is 10.6. The van der Waals surface area contributed by atoms with Crippen molar-refractivity contribution in [3.63, 3.8) is 0 Å². The lowest BCUT2D eigenvalue weighted by atomic mass is 10.0. The Morgan fingerprint density at radius 3 is 2.62 bits per heavy atom. The molecule has 0 atom stereocenters. The minimum absolute atomic E-state index is 0.136. The van der Waals surface area contributed by atoms with Gasteiger partial charge in [0.15, 0.2) is 6.29 Å². The summed E-state index contributed by atoms with van der Waals surface area (Å²) in [5, 5.41) is 10.8. The molecule has 0 N–H and O–H groups in total. The summed E-state index contributed by atoms with van der Waals surface area (Å²) in [5.74, 6) is 0. The standard InChI is InChI=1S/C14H9NO/c15-9-11(10-16)8-13-6-3-5-12-4-1-2-7-14(12)13/h1-8,10H/b11-8+. The molecule has 2 aromatic rings. The number of benzene rings is 2. The van der Waals surface area contributed by atoms with E-state index in [0.29, 0.717) is 6.29 Å². The Labute approximate surface area is 93.4 Å². The predicted molar refractivity (Wildman–Crippen MR) is 63.6 cm³/mol. The zero-order chi connectivity index (χ0) is 11.4. The third-order valence-corrected chi connectivity index (χ3v) is 2.39. The van der Waals surface area contributed by atoms with Gasteiger partial charge in [-0.15, -0.1) is 0 Å². The molecule has 2 aromatic carbocycles. The van der Waals surface area contributed by atoms with Crippen LogP contribution in [0.4, 0.5) is 0 Å². The van der Waals surface area contributed by atoms with E-state index < -0.39 is 0 Å². The van der Waals surface area contributed by atoms with Crippen molar-refractivity contribution >= 4 is 23.1 Å². The lowest BCUT2D eigenvalue weighted by molar-refractivity contribution is -0.104. The van der Waals surface area contributed by atoms with Gasteiger partial charge in [0.05, 0.1) is 5.57 Å². The van der Waals surface area contributed by atoms with Crippen molar-refractivity contribution in [2.75, 3.05) is 0 Å². The fourth-order valence-corrected chi connectivity index (χ4v) is 1.64. The van der Waals surface area contributed by atoms with Crippen LogP contribution in [-0.4, -0.2) is 6.29 Å². The van der Waals surface area contributed by atoms with Gasteiger partial charge in [-0.25, -0.2) is 0 Å². The van der Waals surface area contributed by atoms with E-state index in [4.69, 9.17) is 5.26 Å². The van der Waals surface area contributed by atoms with Crippen LogP contribution in [0.15, 0.2) is 48.0 Å². The van der Waals surface area contributed by atoms with Crippen LogP contribution in [0, 0.1) is 11.3 Å². The van der Waals surface area contributed by atoms with Gasteiger partial charge in [0.25, 0.3) is 0 Å². The summed E-state index contributed by atoms with van der Waals surface area (Å²) in [7, 11) is 0. The van der Waals surface area contributed by atoms with Crippen molar-refractivity contribution in [3.8, 4) is 6.07 Å². The van der Waals surface area contributed by atoms with E-state index in [-0.39, 0.29) is 5.57 Å². The summed E-state index contributed by atoms with van der Waals surface area (Å²) in [4.78, 5) is 10.6. The van der Waals surface area contributed by atoms with Crippen LogP contribution in [0.5, 0.6) is 0 Å². The average Bonchev–Trinajstić information content (AvgIpc) is 2.36. The molecular formula is C14H9NO. The SMILES string of the molecule is N#C/C(C=O)=C\c1cccc2ccccc12. The average molecular weight is 207 g/mol. The minimum atomic E-state index is 0.136. The molecule has 0 radical (unpaired) electrons. The van der Waals surface area contributed by atoms with Crippen molar-refractivity contribution in [1.29, 1.82) is 5.26 Å². The Morgan fingerprint density at radius 1 is 1.12 bits per heavy atom. The molecule has 0 amide bonds. The van der Waals surface area contributed by atoms with Gasteiger partial charge in [-0.05, 0) is 22.4 Å². The van der Waals surface area contributed by atoms with Gasteiger partial charge in [-0.3, -0.25) is 4.79 Å². The Morgan fingerprint density at radius 2 is 1.88 bits per heavy atom. The van der Waals surface area contributed by atoms with Crippen LogP contribution in [-0.2, 0) is 4.79 Å². The third kappa shape index (κ3) is 1.84. The van der Waals surface area contributed by atoms with Crippen LogP contribution in [0.25, 0.3) is 16.8 Å². The number of nitrogens with zero attached hydrogens (tertiary/aromatic N) is 1. The molecule has 2 rings (SSSR count). The highest BCUT2D eigenvalue weighted by Gasteiger charge is 1.99. The van der Waals surface area contributed by atoms with Crippen molar-refractivity contribution in [1.82, 2.24) is 0 Å². The van der Waals surface area contributed by atoms with Crippen molar-refractivity contribution in [2.45, 2.75) is 0 Å². The second-order valence-corrected chi connectivity index (χ2v) is 3.40. The number of allylic oxidation sites excluding steroid dienone is 1. The van der Waals surface area contributed by atoms with E-state index in [1.165, 1.54) is 0 Å². The van der Waals surface area contributed by atoms with Crippen LogP contribution in [0.3, 0.4) is 0 Å². The molecule has 16 heavy (non-hydrogen) atoms. The van der Waals surface area contributed by atoms with Gasteiger partial charge in [-0.1, -0.05) is 42.5 Å². The maximum absolute atomic E-state index is 10.6. The predicted octanol–water partition coefficient (Wildman–Crippen LogP) is 2.95. The monoisotopic (exact) mass is 207 g/mol. The number of nitriles is 1. The molecule has 0 heterocycles. The molecule has 0 saturated carbocycles. The molecule has 0 aromatic heterocycles. The molecule has 0 spiro atoms. The van der Waals surface area contributed by atoms with Crippen molar-refractivity contribution in [3.05, 3.63) is 53.6 Å². The van der Waals surface area contributed by atoms with E-state index in [9.17, 15) is 4.79 Å². The lowest BCUT2D eigenvalue weighted by Gasteiger charge is -2.01. The third-order valence-electron chi connectivity index (χ3n) is 2.39. The first-order valence-electron chi connectivity index (χ1n) is 4.90. The quantitative estimate of drug-likeness (QED) is 0.431. The minimum Gasteiger partial charge on any atom is -0.297 e. The summed E-state index contributed by atoms with van der Waals surface area (Å²) in [5.41, 5.74) is 1.03. The van der Waals surface area contributed by atoms with E-state index >= 15 is 0 Å². The van der Waals surface area contributed by atoms with Crippen molar-refractivity contribution < 1.29 is 4.79 Å². The number of rotatable bonds is 2. The molecule has 76 valence electrons. The molecule has 0 saturated heterocycles. The summed E-state index contributed by atoms with van der Waals surface area (Å²) < 4.78 is 0. The number of hydrogen-bond donors (Lipinski definition) is 0. The second-order valence-electron chi connectivity index (χ2n) is 3.40. The summed E-state index contributed by atoms with van der Waals surface area (Å²) in [6.45, 7) is 0. The van der Waals surface area contributed by atoms with Crippen molar-refractivity contribution in [2.24, 2.45) is 0 Å². The highest BCUT2D eigenvalue weighted by atomic mass is 16.1. The van der Waals surface area contributed by atoms with Crippen LogP contribution >= 0.6 is 0 Å². The molecule has 0 aliphatic rings. The largest absolute Gasteiger partial charge is 0.297 e. The highest BCUT2D eigenvalue weighted by molar-refractivity contribution is 5.95. The van der Waals surface area contributed by atoms with Gasteiger partial charge in [0, 0.05) is 0 Å². The first-order valence-corrected chi connectivity index (χ1v) is 4.90. The number of carbonyl (C=O) groups is 1. The van der Waals surface area contributed by atoms with Gasteiger partial charge in [0.1, 0.15) is 6.07 Å². The highest BCUT2D eigenvalue weighted by Crippen LogP contribution is 2.20. The first-order chi connectivity index (χ1) is 7.85. The summed E-state index contributed by atoms with van der Waals surface area (Å²) in [6, 6.07) is 15.5. The number of hydrogen-bond acceptors (Lipinski definition) is 2. The van der Waals surface area contributed by atoms with Gasteiger partial charge in [0.2, 0.25) is 0 Å². The van der Waals surface area contributed by atoms with E-state index in [0.717, 1.165) is 16.3 Å². The van der Waals surface area contributed by atoms with Crippen LogP contribution in [0.2, 0.25) is 0 Å². The normalized spacial score (nSPS) is 11.1. The van der Waals surface area contributed by atoms with Gasteiger partial charge < -0.3 is 0 Å². The number of fused-ring (bicyclic) bond motifs is 1. The van der Waals surface area contributed by atoms with Gasteiger partial charge in [-0.2, -0.15) is 5.26 Å². The zero-order valence-electron chi connectivity index (χ0n) is 8.55. The topological polar surface area (TPSA) is 40.9 Å². The van der Waals surface area contributed by atoms with E-state index in [1.807, 2.05) is 48.5 Å². The fraction of sp³-hybridized carbons (Fsp3) is 0. The van der Waals surface area contributed by atoms with Crippen LogP contribution in [0.1, 0.15) is 5.56 Å². The maximum Gasteiger partial charge on any atom is 0.160 e. The Bertz CT molecular complexity index is 600. The molecular weight excluding hydrogens is 198 g/mol. The molecule has 0 aliphatic heterocycles. The second kappa shape index (κ2) is 4.41. The molecule has 2 nitrogen and oxygen atoms in total. The van der Waals surface area contributed by atoms with Gasteiger partial charge >= 0.3 is 0 Å². The molecule has 0 unspecified atom stereocenters. The molecule has 0 bridgehead atoms. The Kier molecular flexibility index (Phi) is 2.79. The first kappa shape index (κ1) is 10.1. The summed E-state index contributed by atoms with van der Waals surface area (Å²) in [6.07, 6.45) is 2.18. The lowest BCUT2D eigenvalue weighted by Crippen LogP contribution is -1.82. The number of aldehydes is 1. The zero-order valence-corrected chi connectivity index (χ0v) is 8.55. The summed E-state index contributed by atoms with van der Waals surface area (Å²) >= 11 is 0. The smallest absolute Gasteiger partial charge is 0.160 e. The van der Waals surface area contributed by atoms with E-state index in [1.54, 1.807) is 6.08 Å². The van der Waals surface area contributed by atoms with Crippen LogP contribution < -0.4 is 0 Å². The van der Waals surface area contributed by atoms with E-state index in [2.05, 4.69) is 0 Å². The number of carbonyl (C=O) groups excluding carboxylic acids is 1. The molecule has 0 fully saturated rings.